The Labute approximate surface area is 93.8 Å². The third-order valence-corrected chi connectivity index (χ3v) is 3.75. The molecule has 2 aliphatic rings. The molecule has 3 unspecified atom stereocenters. The average molecular weight is 1600 g/mol. The third-order valence-electron chi connectivity index (χ3n) is 3.75. The molecule has 2 aliphatic carbocycles. The first-order valence-electron chi connectivity index (χ1n) is 5.15. The van der Waals surface area contributed by atoms with Crippen LogP contribution in [0.2, 0.25) is 0 Å². The minimum absolute atomic E-state index is 0. The van der Waals surface area contributed by atoms with Gasteiger partial charge in [0.15, 0.2) is 0 Å². The third kappa shape index (κ3) is 2.11. The molecule has 0 aromatic carbocycles. The van der Waals surface area contributed by atoms with Crippen LogP contribution in [0.5, 0.6) is 0 Å². The molecular weight excluding hydrogens is 1590 g/mol. The number of rotatable bonds is 1. The molecule has 0 heterocycles. The van der Waals surface area contributed by atoms with Crippen LogP contribution in [0.1, 0.15) is 19.3 Å². The molecule has 0 saturated heterocycles. The van der Waals surface area contributed by atoms with E-state index in [1.165, 1.54) is 0 Å². The fraction of sp³-hybridized carbons (Fsp3) is 0.800. The zero-order valence-electron chi connectivity index (χ0n) is 12.1. The number of hydrogen-bond donors (Lipinski definition) is 1. The molecule has 2 rings (SSSR count). The summed E-state index contributed by atoms with van der Waals surface area (Å²) in [7, 11) is 0. The van der Waals surface area contributed by atoms with E-state index in [0.29, 0.717) is 12.8 Å². The smallest absolute Gasteiger partial charge is 0.345 e. The van der Waals surface area contributed by atoms with Crippen molar-refractivity contribution < 1.29 is 31.4 Å². The summed E-state index contributed by atoms with van der Waals surface area (Å²) in [5, 5.41) is 9.03. The summed E-state index contributed by atoms with van der Waals surface area (Å²) in [4.78, 5) is 0. The Morgan fingerprint density at radius 3 is 1.59 bits per heavy atom. The van der Waals surface area contributed by atoms with E-state index in [-0.39, 0.29) is 12.8 Å². The van der Waals surface area contributed by atoms with Crippen LogP contribution in [0, 0.1) is 29.8 Å². The number of alkyl halides is 6. The quantitative estimate of drug-likeness (QED) is 0.315. The van der Waals surface area contributed by atoms with Crippen LogP contribution in [0.15, 0.2) is 0 Å². The Hall–Kier alpha value is -5.46. The molecule has 2 bridgehead atoms. The predicted molar refractivity (Wildman–Crippen MR) is 44.9 cm³/mol. The van der Waals surface area contributed by atoms with Gasteiger partial charge in [0.05, 0.1) is 0 Å². The summed E-state index contributed by atoms with van der Waals surface area (Å²) >= 11 is 0. The molecular formula is C10H10F6ORf5-2. The van der Waals surface area contributed by atoms with Gasteiger partial charge in [0.1, 0.15) is 0 Å². The van der Waals surface area contributed by atoms with Gasteiger partial charge in [-0.15, -0.1) is 6.10 Å². The maximum atomic E-state index is 12.9. The van der Waals surface area contributed by atoms with Crippen molar-refractivity contribution in [3.05, 3.63) is 12.5 Å². The van der Waals surface area contributed by atoms with Crippen LogP contribution in [-0.4, -0.2) is 17.5 Å². The van der Waals surface area contributed by atoms with E-state index < -0.39 is 35.7 Å². The van der Waals surface area contributed by atoms with Crippen LogP contribution in [0.4, 0.5) is 26.3 Å². The zero-order chi connectivity index (χ0) is 13.1. The largest absolute Gasteiger partial charge is 0.556 e. The van der Waals surface area contributed by atoms with Crippen LogP contribution in [0.25, 0.3) is 0 Å². The van der Waals surface area contributed by atoms with Crippen molar-refractivity contribution in [2.24, 2.45) is 17.3 Å². The Balaban J connectivity index is -0.000000324. The van der Waals surface area contributed by atoms with Gasteiger partial charge in [-0.1, -0.05) is 25.2 Å². The minimum Gasteiger partial charge on any atom is -0.556 e. The zero-order valence-corrected chi connectivity index (χ0v) is 44.1. The summed E-state index contributed by atoms with van der Waals surface area (Å²) in [6, 6.07) is 0. The molecule has 0 radical (unpaired) electrons. The van der Waals surface area contributed by atoms with E-state index in [1.54, 1.807) is 0 Å². The van der Waals surface area contributed by atoms with E-state index in [1.807, 2.05) is 0 Å². The van der Waals surface area contributed by atoms with E-state index in [0.717, 1.165) is 0 Å². The molecule has 0 aliphatic heterocycles. The molecule has 12 heteroatoms. The Morgan fingerprint density at radius 1 is 0.909 bits per heavy atom. The van der Waals surface area contributed by atoms with Crippen LogP contribution >= 0.6 is 0 Å². The van der Waals surface area contributed by atoms with Crippen molar-refractivity contribution in [2.45, 2.75) is 31.6 Å². The summed E-state index contributed by atoms with van der Waals surface area (Å²) in [5.74, 6) is -1.67. The van der Waals surface area contributed by atoms with Gasteiger partial charge in [-0.05, 0) is 0 Å². The second-order valence-corrected chi connectivity index (χ2v) is 4.65. The molecule has 2 saturated carbocycles. The summed E-state index contributed by atoms with van der Waals surface area (Å²) < 4.78 is 76.0. The van der Waals surface area contributed by atoms with Gasteiger partial charge < -0.3 is 11.5 Å². The van der Waals surface area contributed by atoms with E-state index in [9.17, 15) is 26.3 Å². The summed E-state index contributed by atoms with van der Waals surface area (Å²) in [6.07, 6.45) is -11.6. The molecule has 0 aromatic heterocycles. The molecule has 2 fully saturated rings. The Kier molecular flexibility index (Phi) is 5.82. The molecule has 3 atom stereocenters. The van der Waals surface area contributed by atoms with E-state index in [4.69, 9.17) is 5.11 Å². The SMILES string of the molecule is O[C-](C(F)(F)F)C1(C(F)(F)F)[CH-]C2CCC1C2.[Rf].[Rf].[Rf].[Rf].[Rf]. The van der Waals surface area contributed by atoms with Crippen LogP contribution in [-0.2, 0) is 0 Å². The number of halogens is 6. The van der Waals surface area contributed by atoms with Crippen molar-refractivity contribution in [2.75, 3.05) is 0 Å². The molecule has 1 nitrogen and oxygen atoms in total. The standard InChI is InChI=1S/C10H10F6O.5Rf/c11-9(12,13)7(17)8(10(14,15)16)4-5-1-2-6(8)3-5;;;;;/h4-6,17H,1-3H2;;;;;/q-2;;;;;. The van der Waals surface area contributed by atoms with Crippen LogP contribution in [0.3, 0.4) is 0 Å². The fourth-order valence-corrected chi connectivity index (χ4v) is 3.06. The normalized spacial score (nSPS) is 29.5. The fourth-order valence-electron chi connectivity index (χ4n) is 3.06. The van der Waals surface area contributed by atoms with Gasteiger partial charge in [0.2, 0.25) is 0 Å². The van der Waals surface area contributed by atoms with Crippen molar-refractivity contribution in [3.63, 3.8) is 0 Å². The van der Waals surface area contributed by atoms with E-state index in [2.05, 4.69) is 0 Å². The summed E-state index contributed by atoms with van der Waals surface area (Å²) in [6.45, 7) is 0. The molecule has 22 heavy (non-hydrogen) atoms. The summed E-state index contributed by atoms with van der Waals surface area (Å²) in [5.41, 5.74) is -3.19. The molecule has 110 valence electrons. The van der Waals surface area contributed by atoms with Crippen molar-refractivity contribution in [1.82, 2.24) is 0 Å². The molecule has 0 aromatic rings. The predicted octanol–water partition coefficient (Wildman–Crippen LogP) is 3.64. The molecule has 0 amide bonds. The average Bonchev–Trinajstić information content (AvgIpc) is 2.72. The van der Waals surface area contributed by atoms with Gasteiger partial charge in [0.25, 0.3) is 6.18 Å². The van der Waals surface area contributed by atoms with Crippen molar-refractivity contribution in [1.29, 1.82) is 0 Å². The van der Waals surface area contributed by atoms with Gasteiger partial charge in [-0.25, -0.2) is 13.2 Å². The topological polar surface area (TPSA) is 20.2 Å². The van der Waals surface area contributed by atoms with Gasteiger partial charge in [0, 0.05) is 0 Å². The van der Waals surface area contributed by atoms with Gasteiger partial charge in [-0.2, -0.15) is 24.5 Å². The number of hydrogen-bond acceptors (Lipinski definition) is 1. The first kappa shape index (κ1) is 25.4. The second kappa shape index (κ2) is 5.04. The number of aliphatic hydroxyl groups is 1. The van der Waals surface area contributed by atoms with Gasteiger partial charge in [-0.3, -0.25) is 0 Å². The van der Waals surface area contributed by atoms with Crippen LogP contribution < -0.4 is 0 Å². The maximum Gasteiger partial charge on any atom is 0.345 e. The number of aliphatic hydroxyl groups excluding tert-OH is 1. The van der Waals surface area contributed by atoms with Gasteiger partial charge >= 0.3 is 6.18 Å². The first-order chi connectivity index (χ1) is 7.59. The maximum absolute atomic E-state index is 12.9. The second-order valence-electron chi connectivity index (χ2n) is 4.65. The molecule has 0 spiro atoms. The monoisotopic (exact) mass is 1600 g/mol. The van der Waals surface area contributed by atoms with E-state index >= 15 is 0 Å². The first-order valence-corrected chi connectivity index (χ1v) is 5.15. The van der Waals surface area contributed by atoms with Crippen molar-refractivity contribution in [3.8, 4) is 0 Å². The Morgan fingerprint density at radius 2 is 1.36 bits per heavy atom. The minimum atomic E-state index is -5.34. The number of fused-ring (bicyclic) bond motifs is 2. The molecule has 1 N–H and O–H groups in total. The van der Waals surface area contributed by atoms with Crippen molar-refractivity contribution >= 4 is 0 Å². The Bertz CT molecular complexity index is 326.